The fourth-order valence-corrected chi connectivity index (χ4v) is 6.91. The van der Waals surface area contributed by atoms with Crippen molar-refractivity contribution < 1.29 is 18.0 Å². The summed E-state index contributed by atoms with van der Waals surface area (Å²) in [6.07, 6.45) is 0. The standard InChI is InChI=1S/C31H29FNO3P/c1-3-35-37(34,36-4-2)31-28-18-12-11-17-27(28)30(33(31)26-15-9-6-10-16-26)29(23-13-7-5-8-14-23)24-19-21-25(32)22-20-24/h5-22,29H,3-4H2,1-2H3. The minimum absolute atomic E-state index is 0.237. The highest BCUT2D eigenvalue weighted by atomic mass is 31.2. The van der Waals surface area contributed by atoms with Gasteiger partial charge in [0.1, 0.15) is 11.3 Å². The average molecular weight is 514 g/mol. The molecule has 0 aliphatic rings. The van der Waals surface area contributed by atoms with Gasteiger partial charge in [-0.05, 0) is 49.2 Å². The molecule has 0 N–H and O–H groups in total. The summed E-state index contributed by atoms with van der Waals surface area (Å²) in [5, 5.41) is 1.73. The fourth-order valence-electron chi connectivity index (χ4n) is 4.96. The van der Waals surface area contributed by atoms with E-state index in [1.807, 2.05) is 103 Å². The largest absolute Gasteiger partial charge is 0.378 e. The van der Waals surface area contributed by atoms with E-state index < -0.39 is 7.60 Å². The third kappa shape index (κ3) is 4.78. The van der Waals surface area contributed by atoms with Crippen LogP contribution in [0.3, 0.4) is 0 Å². The zero-order chi connectivity index (χ0) is 25.8. The maximum atomic E-state index is 14.5. The minimum atomic E-state index is -3.73. The number of rotatable bonds is 9. The molecule has 5 rings (SSSR count). The van der Waals surface area contributed by atoms with Gasteiger partial charge in [0.25, 0.3) is 0 Å². The van der Waals surface area contributed by atoms with Crippen molar-refractivity contribution in [3.05, 3.63) is 132 Å². The lowest BCUT2D eigenvalue weighted by molar-refractivity contribution is 0.229. The smallest absolute Gasteiger partial charge is 0.305 e. The van der Waals surface area contributed by atoms with Crippen LogP contribution < -0.4 is 5.44 Å². The van der Waals surface area contributed by atoms with Crippen LogP contribution in [0, 0.1) is 5.82 Å². The number of hydrogen-bond donors (Lipinski definition) is 0. The highest BCUT2D eigenvalue weighted by Crippen LogP contribution is 2.51. The van der Waals surface area contributed by atoms with Crippen molar-refractivity contribution >= 4 is 23.8 Å². The Bertz CT molecular complexity index is 1520. The maximum Gasteiger partial charge on any atom is 0.378 e. The van der Waals surface area contributed by atoms with E-state index in [1.165, 1.54) is 12.1 Å². The normalized spacial score (nSPS) is 12.6. The molecule has 1 atom stereocenters. The Labute approximate surface area is 216 Å². The van der Waals surface area contributed by atoms with Gasteiger partial charge in [0.15, 0.2) is 0 Å². The van der Waals surface area contributed by atoms with E-state index in [0.717, 1.165) is 33.3 Å². The summed E-state index contributed by atoms with van der Waals surface area (Å²) in [6.45, 7) is 4.10. The molecule has 5 aromatic rings. The summed E-state index contributed by atoms with van der Waals surface area (Å²) in [5.74, 6) is -0.575. The van der Waals surface area contributed by atoms with Crippen molar-refractivity contribution in [2.75, 3.05) is 13.2 Å². The van der Waals surface area contributed by atoms with Crippen LogP contribution in [-0.2, 0) is 13.6 Å². The van der Waals surface area contributed by atoms with Crippen LogP contribution in [0.15, 0.2) is 109 Å². The van der Waals surface area contributed by atoms with E-state index in [9.17, 15) is 8.96 Å². The van der Waals surface area contributed by atoms with Gasteiger partial charge in [0, 0.05) is 22.2 Å². The molecule has 0 fully saturated rings. The lowest BCUT2D eigenvalue weighted by Crippen LogP contribution is -2.23. The monoisotopic (exact) mass is 513 g/mol. The number of benzene rings is 4. The van der Waals surface area contributed by atoms with Gasteiger partial charge in [-0.1, -0.05) is 84.9 Å². The van der Waals surface area contributed by atoms with Crippen molar-refractivity contribution in [3.63, 3.8) is 0 Å². The molecule has 1 heterocycles. The summed E-state index contributed by atoms with van der Waals surface area (Å²) in [6, 6.07) is 34.4. The molecular weight excluding hydrogens is 484 g/mol. The lowest BCUT2D eigenvalue weighted by atomic mass is 9.86. The van der Waals surface area contributed by atoms with Crippen molar-refractivity contribution in [2.45, 2.75) is 19.8 Å². The van der Waals surface area contributed by atoms with Crippen LogP contribution in [0.4, 0.5) is 4.39 Å². The van der Waals surface area contributed by atoms with Crippen molar-refractivity contribution in [1.29, 1.82) is 0 Å². The van der Waals surface area contributed by atoms with Crippen molar-refractivity contribution in [2.24, 2.45) is 0 Å². The second-order valence-corrected chi connectivity index (χ2v) is 10.6. The highest BCUT2D eigenvalue weighted by molar-refractivity contribution is 7.62. The van der Waals surface area contributed by atoms with Gasteiger partial charge in [-0.3, -0.25) is 4.57 Å². The van der Waals surface area contributed by atoms with Crippen molar-refractivity contribution in [1.82, 2.24) is 4.57 Å². The third-order valence-corrected chi connectivity index (χ3v) is 8.53. The zero-order valence-electron chi connectivity index (χ0n) is 20.9. The Morgan fingerprint density at radius 1 is 0.703 bits per heavy atom. The van der Waals surface area contributed by atoms with E-state index in [4.69, 9.17) is 9.05 Å². The van der Waals surface area contributed by atoms with Crippen molar-refractivity contribution in [3.8, 4) is 5.69 Å². The molecule has 37 heavy (non-hydrogen) atoms. The van der Waals surface area contributed by atoms with Gasteiger partial charge in [-0.25, -0.2) is 4.39 Å². The summed E-state index contributed by atoms with van der Waals surface area (Å²) in [4.78, 5) is 0. The average Bonchev–Trinajstić information content (AvgIpc) is 3.27. The maximum absolute atomic E-state index is 14.5. The van der Waals surface area contributed by atoms with Crippen LogP contribution in [0.25, 0.3) is 16.5 Å². The highest BCUT2D eigenvalue weighted by Gasteiger charge is 2.37. The molecule has 1 aromatic heterocycles. The summed E-state index contributed by atoms with van der Waals surface area (Å²) in [7, 11) is -3.73. The first-order chi connectivity index (χ1) is 18.1. The first-order valence-electron chi connectivity index (χ1n) is 12.5. The first-order valence-corrected chi connectivity index (χ1v) is 14.0. The zero-order valence-corrected chi connectivity index (χ0v) is 21.8. The molecule has 188 valence electrons. The molecule has 0 saturated heterocycles. The van der Waals surface area contributed by atoms with Crippen LogP contribution in [0.2, 0.25) is 0 Å². The molecule has 4 aromatic carbocycles. The van der Waals surface area contributed by atoms with Gasteiger partial charge in [-0.2, -0.15) is 0 Å². The first kappa shape index (κ1) is 25.2. The predicted molar refractivity (Wildman–Crippen MR) is 148 cm³/mol. The Kier molecular flexibility index (Phi) is 7.38. The van der Waals surface area contributed by atoms with E-state index in [-0.39, 0.29) is 24.9 Å². The SMILES string of the molecule is CCOP(=O)(OCC)c1c2ccccc2c(C(c2ccccc2)c2ccc(F)cc2)n1-c1ccccc1. The Hall–Kier alpha value is -3.50. The van der Waals surface area contributed by atoms with Gasteiger partial charge in [0.05, 0.1) is 19.1 Å². The van der Waals surface area contributed by atoms with E-state index in [2.05, 4.69) is 12.1 Å². The fraction of sp³-hybridized carbons (Fsp3) is 0.161. The summed E-state index contributed by atoms with van der Waals surface area (Å²) in [5.41, 5.74) is 4.20. The summed E-state index contributed by atoms with van der Waals surface area (Å²) < 4.78 is 42.3. The molecular formula is C31H29FNO3P. The molecule has 0 bridgehead atoms. The van der Waals surface area contributed by atoms with Gasteiger partial charge < -0.3 is 13.6 Å². The Morgan fingerprint density at radius 3 is 1.81 bits per heavy atom. The molecule has 0 aliphatic carbocycles. The van der Waals surface area contributed by atoms with Crippen LogP contribution in [0.5, 0.6) is 0 Å². The van der Waals surface area contributed by atoms with Gasteiger partial charge >= 0.3 is 7.60 Å². The molecule has 0 amide bonds. The number of para-hydroxylation sites is 1. The van der Waals surface area contributed by atoms with Crippen LogP contribution in [-0.4, -0.2) is 17.8 Å². The number of nitrogens with zero attached hydrogens (tertiary/aromatic N) is 1. The van der Waals surface area contributed by atoms with Gasteiger partial charge in [-0.15, -0.1) is 0 Å². The second-order valence-electron chi connectivity index (χ2n) is 8.65. The molecule has 0 radical (unpaired) electrons. The molecule has 6 heteroatoms. The Balaban J connectivity index is 1.95. The van der Waals surface area contributed by atoms with E-state index in [0.29, 0.717) is 5.44 Å². The number of hydrogen-bond acceptors (Lipinski definition) is 3. The van der Waals surface area contributed by atoms with E-state index >= 15 is 0 Å². The minimum Gasteiger partial charge on any atom is -0.305 e. The molecule has 0 saturated carbocycles. The number of fused-ring (bicyclic) bond motifs is 1. The van der Waals surface area contributed by atoms with Crippen LogP contribution in [0.1, 0.15) is 36.6 Å². The second kappa shape index (κ2) is 10.9. The predicted octanol–water partition coefficient (Wildman–Crippen LogP) is 7.84. The lowest BCUT2D eigenvalue weighted by Gasteiger charge is -2.25. The number of aromatic nitrogens is 1. The summed E-state index contributed by atoms with van der Waals surface area (Å²) >= 11 is 0. The quantitative estimate of drug-likeness (QED) is 0.189. The molecule has 0 spiro atoms. The number of halogens is 1. The third-order valence-electron chi connectivity index (χ3n) is 6.38. The topological polar surface area (TPSA) is 40.5 Å². The molecule has 4 nitrogen and oxygen atoms in total. The van der Waals surface area contributed by atoms with Gasteiger partial charge in [0.2, 0.25) is 0 Å². The Morgan fingerprint density at radius 2 is 1.22 bits per heavy atom. The molecule has 1 unspecified atom stereocenters. The van der Waals surface area contributed by atoms with Crippen LogP contribution >= 0.6 is 7.60 Å². The molecule has 0 aliphatic heterocycles. The van der Waals surface area contributed by atoms with E-state index in [1.54, 1.807) is 0 Å².